The highest BCUT2D eigenvalue weighted by Crippen LogP contribution is 2.16. The average molecular weight is 309 g/mol. The van der Waals surface area contributed by atoms with Crippen LogP contribution in [0.2, 0.25) is 0 Å². The summed E-state index contributed by atoms with van der Waals surface area (Å²) in [6, 6.07) is 14.9. The number of carbonyl (C=O) groups excluding carboxylic acids is 2. The smallest absolute Gasteiger partial charge is 0.240 e. The van der Waals surface area contributed by atoms with Crippen molar-refractivity contribution >= 4 is 22.6 Å². The van der Waals surface area contributed by atoms with E-state index in [4.69, 9.17) is 11.0 Å². The second-order valence-electron chi connectivity index (χ2n) is 5.65. The summed E-state index contributed by atoms with van der Waals surface area (Å²) in [5.41, 5.74) is 6.15. The third-order valence-electron chi connectivity index (χ3n) is 3.67. The van der Waals surface area contributed by atoms with E-state index in [2.05, 4.69) is 5.32 Å². The Labute approximate surface area is 135 Å². The molecule has 0 aromatic heterocycles. The molecule has 2 amide bonds. The molecule has 0 aliphatic carbocycles. The minimum absolute atomic E-state index is 0.162. The monoisotopic (exact) mass is 309 g/mol. The molecule has 2 aromatic carbocycles. The third-order valence-corrected chi connectivity index (χ3v) is 3.67. The van der Waals surface area contributed by atoms with Gasteiger partial charge < -0.3 is 11.1 Å². The van der Waals surface area contributed by atoms with Gasteiger partial charge in [-0.1, -0.05) is 42.5 Å². The van der Waals surface area contributed by atoms with Gasteiger partial charge in [-0.2, -0.15) is 5.26 Å². The van der Waals surface area contributed by atoms with E-state index in [0.717, 1.165) is 16.3 Å². The maximum Gasteiger partial charge on any atom is 0.240 e. The van der Waals surface area contributed by atoms with Crippen molar-refractivity contribution < 1.29 is 9.59 Å². The Hall–Kier alpha value is -2.87. The van der Waals surface area contributed by atoms with Crippen LogP contribution >= 0.6 is 0 Å². The van der Waals surface area contributed by atoms with Gasteiger partial charge in [-0.05, 0) is 29.7 Å². The zero-order chi connectivity index (χ0) is 16.8. The Bertz CT molecular complexity index is 764. The van der Waals surface area contributed by atoms with Gasteiger partial charge in [-0.3, -0.25) is 9.59 Å². The van der Waals surface area contributed by atoms with Gasteiger partial charge in [-0.15, -0.1) is 0 Å². The molecule has 0 saturated carbocycles. The van der Waals surface area contributed by atoms with Crippen LogP contribution in [-0.2, 0) is 16.0 Å². The number of primary amides is 1. The van der Waals surface area contributed by atoms with Gasteiger partial charge in [0.25, 0.3) is 0 Å². The van der Waals surface area contributed by atoms with Crippen LogP contribution in [0.1, 0.15) is 18.9 Å². The molecule has 2 atom stereocenters. The average Bonchev–Trinajstić information content (AvgIpc) is 2.53. The molecule has 0 radical (unpaired) electrons. The number of rotatable bonds is 6. The fourth-order valence-corrected chi connectivity index (χ4v) is 2.43. The first-order valence-corrected chi connectivity index (χ1v) is 7.45. The van der Waals surface area contributed by atoms with Crippen molar-refractivity contribution in [3.05, 3.63) is 48.0 Å². The molecular formula is C18H19N3O2. The number of hydrogen-bond acceptors (Lipinski definition) is 3. The standard InChI is InChI=1S/C18H19N3O2/c1-12(11-19)8-16(18(20)23)21-17(22)10-13-6-7-14-4-2-3-5-15(14)9-13/h2-7,9,12,16H,8,10H2,1H3,(H2,20,23)(H,21,22)/t12-,16-/m0/s1. The van der Waals surface area contributed by atoms with E-state index in [-0.39, 0.29) is 24.7 Å². The van der Waals surface area contributed by atoms with E-state index in [1.807, 2.05) is 48.5 Å². The Morgan fingerprint density at radius 1 is 1.22 bits per heavy atom. The fraction of sp³-hybridized carbons (Fsp3) is 0.278. The number of nitriles is 1. The number of nitrogens with two attached hydrogens (primary N) is 1. The lowest BCUT2D eigenvalue weighted by Crippen LogP contribution is -2.45. The van der Waals surface area contributed by atoms with Gasteiger partial charge in [0.1, 0.15) is 6.04 Å². The van der Waals surface area contributed by atoms with Crippen LogP contribution in [0.15, 0.2) is 42.5 Å². The summed E-state index contributed by atoms with van der Waals surface area (Å²) in [4.78, 5) is 23.5. The second-order valence-corrected chi connectivity index (χ2v) is 5.65. The number of carbonyl (C=O) groups is 2. The highest BCUT2D eigenvalue weighted by molar-refractivity contribution is 5.89. The molecule has 0 heterocycles. The number of hydrogen-bond donors (Lipinski definition) is 2. The molecule has 3 N–H and O–H groups in total. The quantitative estimate of drug-likeness (QED) is 0.853. The van der Waals surface area contributed by atoms with E-state index in [1.165, 1.54) is 0 Å². The molecule has 0 aliphatic heterocycles. The molecule has 23 heavy (non-hydrogen) atoms. The van der Waals surface area contributed by atoms with E-state index >= 15 is 0 Å². The van der Waals surface area contributed by atoms with Crippen LogP contribution in [0.3, 0.4) is 0 Å². The Morgan fingerprint density at radius 3 is 2.57 bits per heavy atom. The minimum Gasteiger partial charge on any atom is -0.368 e. The fourth-order valence-electron chi connectivity index (χ4n) is 2.43. The lowest BCUT2D eigenvalue weighted by molar-refractivity contribution is -0.127. The highest BCUT2D eigenvalue weighted by Gasteiger charge is 2.20. The first-order valence-electron chi connectivity index (χ1n) is 7.45. The summed E-state index contributed by atoms with van der Waals surface area (Å²) < 4.78 is 0. The summed E-state index contributed by atoms with van der Waals surface area (Å²) in [6.45, 7) is 1.69. The Balaban J connectivity index is 2.04. The number of nitrogens with one attached hydrogen (secondary N) is 1. The summed E-state index contributed by atoms with van der Waals surface area (Å²) in [5.74, 6) is -1.26. The first kappa shape index (κ1) is 16.5. The zero-order valence-corrected chi connectivity index (χ0v) is 13.0. The summed E-state index contributed by atoms with van der Waals surface area (Å²) >= 11 is 0. The molecular weight excluding hydrogens is 290 g/mol. The molecule has 0 saturated heterocycles. The molecule has 118 valence electrons. The van der Waals surface area contributed by atoms with Gasteiger partial charge in [-0.25, -0.2) is 0 Å². The van der Waals surface area contributed by atoms with Gasteiger partial charge in [0.15, 0.2) is 0 Å². The van der Waals surface area contributed by atoms with Crippen LogP contribution in [0, 0.1) is 17.2 Å². The van der Waals surface area contributed by atoms with Crippen molar-refractivity contribution in [1.82, 2.24) is 5.32 Å². The topological polar surface area (TPSA) is 96.0 Å². The molecule has 5 nitrogen and oxygen atoms in total. The number of benzene rings is 2. The van der Waals surface area contributed by atoms with Crippen LogP contribution < -0.4 is 11.1 Å². The molecule has 0 unspecified atom stereocenters. The van der Waals surface area contributed by atoms with Crippen molar-refractivity contribution in [2.45, 2.75) is 25.8 Å². The molecule has 2 aromatic rings. The van der Waals surface area contributed by atoms with E-state index < -0.39 is 11.9 Å². The zero-order valence-electron chi connectivity index (χ0n) is 13.0. The summed E-state index contributed by atoms with van der Waals surface area (Å²) in [6.07, 6.45) is 0.380. The Kier molecular flexibility index (Phi) is 5.32. The van der Waals surface area contributed by atoms with E-state index in [9.17, 15) is 9.59 Å². The molecule has 0 spiro atoms. The van der Waals surface area contributed by atoms with Crippen LogP contribution in [0.25, 0.3) is 10.8 Å². The third kappa shape index (κ3) is 4.55. The van der Waals surface area contributed by atoms with E-state index in [0.29, 0.717) is 0 Å². The van der Waals surface area contributed by atoms with Gasteiger partial charge in [0.2, 0.25) is 11.8 Å². The maximum atomic E-state index is 12.1. The van der Waals surface area contributed by atoms with Crippen LogP contribution in [-0.4, -0.2) is 17.9 Å². The molecule has 0 bridgehead atoms. The van der Waals surface area contributed by atoms with Crippen molar-refractivity contribution in [3.8, 4) is 6.07 Å². The highest BCUT2D eigenvalue weighted by atomic mass is 16.2. The minimum atomic E-state index is -0.822. The molecule has 0 fully saturated rings. The van der Waals surface area contributed by atoms with Crippen molar-refractivity contribution in [2.24, 2.45) is 11.7 Å². The SMILES string of the molecule is C[C@H](C#N)C[C@H](NC(=O)Cc1ccc2ccccc2c1)C(N)=O. The Morgan fingerprint density at radius 2 is 1.91 bits per heavy atom. The molecule has 5 heteroatoms. The van der Waals surface area contributed by atoms with Crippen LogP contribution in [0.5, 0.6) is 0 Å². The number of fused-ring (bicyclic) bond motifs is 1. The number of nitrogens with zero attached hydrogens (tertiary/aromatic N) is 1. The normalized spacial score (nSPS) is 13.0. The van der Waals surface area contributed by atoms with Crippen molar-refractivity contribution in [3.63, 3.8) is 0 Å². The lowest BCUT2D eigenvalue weighted by Gasteiger charge is -2.16. The first-order chi connectivity index (χ1) is 11.0. The molecule has 2 rings (SSSR count). The summed E-state index contributed by atoms with van der Waals surface area (Å²) in [5, 5.41) is 13.6. The lowest BCUT2D eigenvalue weighted by atomic mass is 10.0. The summed E-state index contributed by atoms with van der Waals surface area (Å²) in [7, 11) is 0. The van der Waals surface area contributed by atoms with Crippen molar-refractivity contribution in [2.75, 3.05) is 0 Å². The predicted octanol–water partition coefficient (Wildman–Crippen LogP) is 1.90. The van der Waals surface area contributed by atoms with Crippen molar-refractivity contribution in [1.29, 1.82) is 5.26 Å². The van der Waals surface area contributed by atoms with Gasteiger partial charge >= 0.3 is 0 Å². The van der Waals surface area contributed by atoms with Crippen LogP contribution in [0.4, 0.5) is 0 Å². The second kappa shape index (κ2) is 7.41. The molecule has 0 aliphatic rings. The van der Waals surface area contributed by atoms with E-state index in [1.54, 1.807) is 6.92 Å². The predicted molar refractivity (Wildman–Crippen MR) is 88.2 cm³/mol. The largest absolute Gasteiger partial charge is 0.368 e. The van der Waals surface area contributed by atoms with Gasteiger partial charge in [0, 0.05) is 5.92 Å². The maximum absolute atomic E-state index is 12.1. The number of amides is 2. The van der Waals surface area contributed by atoms with Gasteiger partial charge in [0.05, 0.1) is 12.5 Å².